The van der Waals surface area contributed by atoms with E-state index in [9.17, 15) is 0 Å². The highest BCUT2D eigenvalue weighted by molar-refractivity contribution is 4.86. The van der Waals surface area contributed by atoms with Crippen LogP contribution in [0.3, 0.4) is 0 Å². The molecule has 0 saturated carbocycles. The molecule has 0 spiro atoms. The van der Waals surface area contributed by atoms with Crippen LogP contribution in [0.4, 0.5) is 0 Å². The second-order valence-electron chi connectivity index (χ2n) is 3.85. The summed E-state index contributed by atoms with van der Waals surface area (Å²) < 4.78 is 0. The standard InChI is InChI=1S/C10H20N2/c1-5-9(7-8-11)12-10(3,4)6-2/h9,12H,5-7H2,1-4H3. The van der Waals surface area contributed by atoms with Gasteiger partial charge in [0.25, 0.3) is 0 Å². The van der Waals surface area contributed by atoms with E-state index >= 15 is 0 Å². The molecule has 70 valence electrons. The van der Waals surface area contributed by atoms with Crippen LogP contribution in [0.1, 0.15) is 47.0 Å². The Morgan fingerprint density at radius 2 is 2.00 bits per heavy atom. The van der Waals surface area contributed by atoms with Gasteiger partial charge in [0.2, 0.25) is 0 Å². The van der Waals surface area contributed by atoms with Gasteiger partial charge in [0.05, 0.1) is 12.5 Å². The molecule has 2 heteroatoms. The number of nitrogens with one attached hydrogen (secondary N) is 1. The molecule has 0 aromatic carbocycles. The molecule has 12 heavy (non-hydrogen) atoms. The van der Waals surface area contributed by atoms with Crippen molar-refractivity contribution in [2.75, 3.05) is 0 Å². The molecular formula is C10H20N2. The van der Waals surface area contributed by atoms with Crippen LogP contribution in [-0.4, -0.2) is 11.6 Å². The number of nitriles is 1. The van der Waals surface area contributed by atoms with E-state index in [4.69, 9.17) is 5.26 Å². The molecular weight excluding hydrogens is 148 g/mol. The van der Waals surface area contributed by atoms with Crippen LogP contribution in [0.15, 0.2) is 0 Å². The van der Waals surface area contributed by atoms with Crippen LogP contribution in [0.25, 0.3) is 0 Å². The van der Waals surface area contributed by atoms with Crippen LogP contribution >= 0.6 is 0 Å². The Kier molecular flexibility index (Phi) is 4.92. The van der Waals surface area contributed by atoms with Crippen molar-refractivity contribution in [1.29, 1.82) is 5.26 Å². The minimum absolute atomic E-state index is 0.164. The zero-order valence-corrected chi connectivity index (χ0v) is 8.65. The molecule has 1 N–H and O–H groups in total. The Morgan fingerprint density at radius 1 is 1.42 bits per heavy atom. The van der Waals surface area contributed by atoms with Crippen LogP contribution in [0, 0.1) is 11.3 Å². The first kappa shape index (κ1) is 11.4. The van der Waals surface area contributed by atoms with E-state index in [1.807, 2.05) is 0 Å². The highest BCUT2D eigenvalue weighted by Gasteiger charge is 2.18. The first-order chi connectivity index (χ1) is 5.55. The van der Waals surface area contributed by atoms with Crippen LogP contribution in [-0.2, 0) is 0 Å². The Labute approximate surface area is 76.0 Å². The summed E-state index contributed by atoms with van der Waals surface area (Å²) in [6.07, 6.45) is 2.73. The van der Waals surface area contributed by atoms with Crippen molar-refractivity contribution in [2.24, 2.45) is 0 Å². The molecule has 1 atom stereocenters. The van der Waals surface area contributed by atoms with E-state index in [0.29, 0.717) is 12.5 Å². The molecule has 0 saturated heterocycles. The fourth-order valence-electron chi connectivity index (χ4n) is 1.06. The molecule has 0 aliphatic carbocycles. The Morgan fingerprint density at radius 3 is 2.33 bits per heavy atom. The fraction of sp³-hybridized carbons (Fsp3) is 0.900. The molecule has 0 aliphatic rings. The minimum Gasteiger partial charge on any atom is -0.308 e. The number of hydrogen-bond acceptors (Lipinski definition) is 2. The topological polar surface area (TPSA) is 35.8 Å². The summed E-state index contributed by atoms with van der Waals surface area (Å²) in [6.45, 7) is 8.62. The molecule has 0 radical (unpaired) electrons. The monoisotopic (exact) mass is 168 g/mol. The lowest BCUT2D eigenvalue weighted by atomic mass is 9.99. The molecule has 0 aliphatic heterocycles. The van der Waals surface area contributed by atoms with Crippen LogP contribution in [0.5, 0.6) is 0 Å². The largest absolute Gasteiger partial charge is 0.308 e. The summed E-state index contributed by atoms with van der Waals surface area (Å²) in [6, 6.07) is 2.55. The zero-order valence-electron chi connectivity index (χ0n) is 8.65. The van der Waals surface area contributed by atoms with Crippen molar-refractivity contribution < 1.29 is 0 Å². The zero-order chi connectivity index (χ0) is 9.61. The molecule has 0 heterocycles. The van der Waals surface area contributed by atoms with Crippen LogP contribution < -0.4 is 5.32 Å². The quantitative estimate of drug-likeness (QED) is 0.684. The first-order valence-corrected chi connectivity index (χ1v) is 4.70. The molecule has 0 fully saturated rings. The van der Waals surface area contributed by atoms with Gasteiger partial charge >= 0.3 is 0 Å². The molecule has 0 aromatic heterocycles. The van der Waals surface area contributed by atoms with E-state index < -0.39 is 0 Å². The number of hydrogen-bond donors (Lipinski definition) is 1. The van der Waals surface area contributed by atoms with Gasteiger partial charge in [0.15, 0.2) is 0 Å². The highest BCUT2D eigenvalue weighted by Crippen LogP contribution is 2.10. The van der Waals surface area contributed by atoms with E-state index in [-0.39, 0.29) is 5.54 Å². The van der Waals surface area contributed by atoms with Gasteiger partial charge in [-0.2, -0.15) is 5.26 Å². The average molecular weight is 168 g/mol. The van der Waals surface area contributed by atoms with Gasteiger partial charge in [-0.05, 0) is 26.7 Å². The maximum Gasteiger partial charge on any atom is 0.0638 e. The third-order valence-corrected chi connectivity index (χ3v) is 2.31. The Bertz CT molecular complexity index is 156. The lowest BCUT2D eigenvalue weighted by Crippen LogP contribution is -2.45. The minimum atomic E-state index is 0.164. The summed E-state index contributed by atoms with van der Waals surface area (Å²) in [5, 5.41) is 12.0. The molecule has 1 unspecified atom stereocenters. The van der Waals surface area contributed by atoms with Crippen molar-refractivity contribution in [3.8, 4) is 6.07 Å². The lowest BCUT2D eigenvalue weighted by molar-refractivity contribution is 0.319. The van der Waals surface area contributed by atoms with Crippen molar-refractivity contribution in [2.45, 2.75) is 58.5 Å². The Hall–Kier alpha value is -0.550. The maximum atomic E-state index is 8.55. The number of nitrogens with zero attached hydrogens (tertiary/aromatic N) is 1. The molecule has 0 aromatic rings. The Balaban J connectivity index is 3.94. The van der Waals surface area contributed by atoms with Crippen molar-refractivity contribution in [3.63, 3.8) is 0 Å². The predicted molar refractivity (Wildman–Crippen MR) is 51.8 cm³/mol. The van der Waals surface area contributed by atoms with Gasteiger partial charge in [-0.1, -0.05) is 13.8 Å². The fourth-order valence-corrected chi connectivity index (χ4v) is 1.06. The molecule has 2 nitrogen and oxygen atoms in total. The SMILES string of the molecule is CCC(CC#N)NC(C)(C)CC. The van der Waals surface area contributed by atoms with Crippen LogP contribution in [0.2, 0.25) is 0 Å². The maximum absolute atomic E-state index is 8.55. The van der Waals surface area contributed by atoms with Gasteiger partial charge in [-0.15, -0.1) is 0 Å². The van der Waals surface area contributed by atoms with E-state index in [1.54, 1.807) is 0 Å². The summed E-state index contributed by atoms with van der Waals surface area (Å²) in [7, 11) is 0. The van der Waals surface area contributed by atoms with Gasteiger partial charge in [-0.25, -0.2) is 0 Å². The van der Waals surface area contributed by atoms with Crippen molar-refractivity contribution in [3.05, 3.63) is 0 Å². The summed E-state index contributed by atoms with van der Waals surface area (Å²) in [4.78, 5) is 0. The highest BCUT2D eigenvalue weighted by atomic mass is 15.0. The summed E-state index contributed by atoms with van der Waals surface area (Å²) in [5.74, 6) is 0. The number of rotatable bonds is 5. The van der Waals surface area contributed by atoms with Gasteiger partial charge in [-0.3, -0.25) is 0 Å². The van der Waals surface area contributed by atoms with Crippen molar-refractivity contribution in [1.82, 2.24) is 5.32 Å². The lowest BCUT2D eigenvalue weighted by Gasteiger charge is -2.29. The van der Waals surface area contributed by atoms with Gasteiger partial charge in [0, 0.05) is 11.6 Å². The normalized spacial score (nSPS) is 13.9. The summed E-state index contributed by atoms with van der Waals surface area (Å²) >= 11 is 0. The summed E-state index contributed by atoms with van der Waals surface area (Å²) in [5.41, 5.74) is 0.164. The predicted octanol–water partition coefficient (Wildman–Crippen LogP) is 2.46. The molecule has 0 amide bonds. The van der Waals surface area contributed by atoms with E-state index in [2.05, 4.69) is 39.1 Å². The second kappa shape index (κ2) is 5.16. The second-order valence-corrected chi connectivity index (χ2v) is 3.85. The van der Waals surface area contributed by atoms with Crippen molar-refractivity contribution >= 4 is 0 Å². The third-order valence-electron chi connectivity index (χ3n) is 2.31. The molecule has 0 bridgehead atoms. The van der Waals surface area contributed by atoms with E-state index in [0.717, 1.165) is 12.8 Å². The smallest absolute Gasteiger partial charge is 0.0638 e. The first-order valence-electron chi connectivity index (χ1n) is 4.70. The molecule has 0 rings (SSSR count). The van der Waals surface area contributed by atoms with Gasteiger partial charge in [0.1, 0.15) is 0 Å². The average Bonchev–Trinajstić information content (AvgIpc) is 2.03. The van der Waals surface area contributed by atoms with E-state index in [1.165, 1.54) is 0 Å². The third kappa shape index (κ3) is 4.35. The van der Waals surface area contributed by atoms with Gasteiger partial charge < -0.3 is 5.32 Å².